The third-order valence-corrected chi connectivity index (χ3v) is 4.25. The third kappa shape index (κ3) is 3.51. The second kappa shape index (κ2) is 6.87. The SMILES string of the molecule is NNC(Cc1cccc(F)c1Cl)c1cc(Br)ccc1Cl. The molecule has 20 heavy (non-hydrogen) atoms. The van der Waals surface area contributed by atoms with Crippen molar-refractivity contribution >= 4 is 39.1 Å². The second-order valence-electron chi connectivity index (χ2n) is 4.30. The number of rotatable bonds is 4. The fourth-order valence-corrected chi connectivity index (χ4v) is 2.80. The Morgan fingerprint density at radius 1 is 1.25 bits per heavy atom. The number of hydrogen-bond donors (Lipinski definition) is 2. The summed E-state index contributed by atoms with van der Waals surface area (Å²) in [6.07, 6.45) is 0.434. The number of hydrogen-bond acceptors (Lipinski definition) is 2. The Bertz CT molecular complexity index is 622. The number of nitrogens with one attached hydrogen (secondary N) is 1. The summed E-state index contributed by atoms with van der Waals surface area (Å²) in [5.74, 6) is 5.15. The van der Waals surface area contributed by atoms with Crippen LogP contribution in [0.4, 0.5) is 4.39 Å². The molecule has 0 aromatic heterocycles. The molecule has 0 heterocycles. The van der Waals surface area contributed by atoms with E-state index in [1.807, 2.05) is 12.1 Å². The number of halogens is 4. The average molecular weight is 378 g/mol. The molecule has 2 aromatic rings. The van der Waals surface area contributed by atoms with Gasteiger partial charge in [0.2, 0.25) is 0 Å². The van der Waals surface area contributed by atoms with Gasteiger partial charge in [-0.1, -0.05) is 51.3 Å². The molecule has 0 fully saturated rings. The highest BCUT2D eigenvalue weighted by atomic mass is 79.9. The maximum atomic E-state index is 13.5. The van der Waals surface area contributed by atoms with E-state index in [4.69, 9.17) is 29.0 Å². The van der Waals surface area contributed by atoms with E-state index >= 15 is 0 Å². The minimum absolute atomic E-state index is 0.110. The molecule has 2 nitrogen and oxygen atoms in total. The lowest BCUT2D eigenvalue weighted by atomic mass is 9.99. The van der Waals surface area contributed by atoms with Crippen LogP contribution in [0.5, 0.6) is 0 Å². The molecule has 0 saturated heterocycles. The predicted octanol–water partition coefficient (Wildman–Crippen LogP) is 4.64. The average Bonchev–Trinajstić information content (AvgIpc) is 2.43. The molecule has 0 radical (unpaired) electrons. The third-order valence-electron chi connectivity index (χ3n) is 2.99. The summed E-state index contributed by atoms with van der Waals surface area (Å²) in [5, 5.41) is 0.697. The molecular formula is C14H12BrCl2FN2. The minimum atomic E-state index is -0.444. The lowest BCUT2D eigenvalue weighted by molar-refractivity contribution is 0.548. The zero-order valence-corrected chi connectivity index (χ0v) is 13.4. The van der Waals surface area contributed by atoms with Gasteiger partial charge in [-0.2, -0.15) is 0 Å². The van der Waals surface area contributed by atoms with Crippen molar-refractivity contribution in [3.05, 3.63) is 67.9 Å². The standard InChI is InChI=1S/C14H12BrCl2FN2/c15-9-4-5-11(16)10(7-9)13(20-19)6-8-2-1-3-12(18)14(8)17/h1-5,7,13,20H,6,19H2. The molecule has 106 valence electrons. The van der Waals surface area contributed by atoms with Crippen molar-refractivity contribution in [2.45, 2.75) is 12.5 Å². The fraction of sp³-hybridized carbons (Fsp3) is 0.143. The van der Waals surface area contributed by atoms with Gasteiger partial charge < -0.3 is 0 Å². The van der Waals surface area contributed by atoms with Crippen molar-refractivity contribution in [3.8, 4) is 0 Å². The molecule has 2 aromatic carbocycles. The Morgan fingerprint density at radius 3 is 2.70 bits per heavy atom. The van der Waals surface area contributed by atoms with Crippen LogP contribution in [0.2, 0.25) is 10.0 Å². The minimum Gasteiger partial charge on any atom is -0.271 e. The lowest BCUT2D eigenvalue weighted by Gasteiger charge is -2.19. The maximum Gasteiger partial charge on any atom is 0.142 e. The molecule has 0 saturated carbocycles. The predicted molar refractivity (Wildman–Crippen MR) is 84.3 cm³/mol. The van der Waals surface area contributed by atoms with Gasteiger partial charge in [-0.15, -0.1) is 0 Å². The van der Waals surface area contributed by atoms with Crippen molar-refractivity contribution in [3.63, 3.8) is 0 Å². The molecule has 0 bridgehead atoms. The largest absolute Gasteiger partial charge is 0.271 e. The van der Waals surface area contributed by atoms with Crippen molar-refractivity contribution in [1.82, 2.24) is 5.43 Å². The first kappa shape index (κ1) is 15.7. The maximum absolute atomic E-state index is 13.5. The first-order valence-electron chi connectivity index (χ1n) is 5.87. The molecule has 2 rings (SSSR count). The number of hydrazine groups is 1. The molecule has 6 heteroatoms. The van der Waals surface area contributed by atoms with Gasteiger partial charge in [-0.25, -0.2) is 4.39 Å². The van der Waals surface area contributed by atoms with Crippen LogP contribution in [0.1, 0.15) is 17.2 Å². The Morgan fingerprint density at radius 2 is 2.00 bits per heavy atom. The Labute approximate surface area is 135 Å². The normalized spacial score (nSPS) is 12.4. The molecular weight excluding hydrogens is 366 g/mol. The number of nitrogens with two attached hydrogens (primary N) is 1. The van der Waals surface area contributed by atoms with Crippen molar-refractivity contribution in [2.24, 2.45) is 5.84 Å². The quantitative estimate of drug-likeness (QED) is 0.601. The summed E-state index contributed by atoms with van der Waals surface area (Å²) in [6.45, 7) is 0. The smallest absolute Gasteiger partial charge is 0.142 e. The van der Waals surface area contributed by atoms with Crippen LogP contribution in [-0.4, -0.2) is 0 Å². The van der Waals surface area contributed by atoms with Gasteiger partial charge in [0.25, 0.3) is 0 Å². The Balaban J connectivity index is 2.34. The van der Waals surface area contributed by atoms with Gasteiger partial charge in [0, 0.05) is 9.50 Å². The van der Waals surface area contributed by atoms with Gasteiger partial charge in [-0.05, 0) is 41.8 Å². The molecule has 3 N–H and O–H groups in total. The zero-order valence-electron chi connectivity index (χ0n) is 10.3. The summed E-state index contributed by atoms with van der Waals surface area (Å²) in [4.78, 5) is 0. The highest BCUT2D eigenvalue weighted by molar-refractivity contribution is 9.10. The van der Waals surface area contributed by atoms with Crippen LogP contribution in [-0.2, 0) is 6.42 Å². The molecule has 1 unspecified atom stereocenters. The topological polar surface area (TPSA) is 38.0 Å². The molecule has 0 aliphatic rings. The molecule has 1 atom stereocenters. The number of benzene rings is 2. The lowest BCUT2D eigenvalue weighted by Crippen LogP contribution is -2.30. The summed E-state index contributed by atoms with van der Waals surface area (Å²) in [6, 6.07) is 9.93. The van der Waals surface area contributed by atoms with E-state index in [1.54, 1.807) is 18.2 Å². The van der Waals surface area contributed by atoms with Crippen LogP contribution in [0.15, 0.2) is 40.9 Å². The van der Waals surface area contributed by atoms with Crippen LogP contribution < -0.4 is 11.3 Å². The van der Waals surface area contributed by atoms with E-state index in [2.05, 4.69) is 21.4 Å². The molecule has 0 spiro atoms. The van der Waals surface area contributed by atoms with Crippen molar-refractivity contribution in [2.75, 3.05) is 0 Å². The van der Waals surface area contributed by atoms with Crippen LogP contribution in [0.3, 0.4) is 0 Å². The summed E-state index contributed by atoms with van der Waals surface area (Å²) >= 11 is 15.5. The van der Waals surface area contributed by atoms with E-state index in [-0.39, 0.29) is 11.1 Å². The highest BCUT2D eigenvalue weighted by Gasteiger charge is 2.17. The van der Waals surface area contributed by atoms with Crippen LogP contribution in [0.25, 0.3) is 0 Å². The molecule has 0 aliphatic carbocycles. The van der Waals surface area contributed by atoms with Crippen LogP contribution in [0, 0.1) is 5.82 Å². The second-order valence-corrected chi connectivity index (χ2v) is 6.00. The summed E-state index contributed by atoms with van der Waals surface area (Å²) in [5.41, 5.74) is 4.19. The van der Waals surface area contributed by atoms with E-state index in [0.717, 1.165) is 10.0 Å². The van der Waals surface area contributed by atoms with E-state index < -0.39 is 5.82 Å². The molecule has 0 aliphatic heterocycles. The van der Waals surface area contributed by atoms with Crippen molar-refractivity contribution < 1.29 is 4.39 Å². The van der Waals surface area contributed by atoms with E-state index in [1.165, 1.54) is 6.07 Å². The summed E-state index contributed by atoms with van der Waals surface area (Å²) < 4.78 is 14.4. The Hall–Kier alpha value is -0.650. The van der Waals surface area contributed by atoms with E-state index in [9.17, 15) is 4.39 Å². The fourth-order valence-electron chi connectivity index (χ4n) is 1.97. The van der Waals surface area contributed by atoms with Crippen LogP contribution >= 0.6 is 39.1 Å². The monoisotopic (exact) mass is 376 g/mol. The van der Waals surface area contributed by atoms with Gasteiger partial charge in [0.1, 0.15) is 5.82 Å². The summed E-state index contributed by atoms with van der Waals surface area (Å²) in [7, 11) is 0. The van der Waals surface area contributed by atoms with Gasteiger partial charge in [-0.3, -0.25) is 11.3 Å². The van der Waals surface area contributed by atoms with Gasteiger partial charge in [0.15, 0.2) is 0 Å². The highest BCUT2D eigenvalue weighted by Crippen LogP contribution is 2.30. The zero-order chi connectivity index (χ0) is 14.7. The van der Waals surface area contributed by atoms with Crippen molar-refractivity contribution in [1.29, 1.82) is 0 Å². The first-order chi connectivity index (χ1) is 9.52. The Kier molecular flexibility index (Phi) is 5.41. The van der Waals surface area contributed by atoms with Gasteiger partial charge in [0.05, 0.1) is 11.1 Å². The van der Waals surface area contributed by atoms with E-state index in [0.29, 0.717) is 17.0 Å². The first-order valence-corrected chi connectivity index (χ1v) is 7.41. The van der Waals surface area contributed by atoms with Gasteiger partial charge >= 0.3 is 0 Å². The molecule has 0 amide bonds.